The van der Waals surface area contributed by atoms with E-state index in [9.17, 15) is 0 Å². The summed E-state index contributed by atoms with van der Waals surface area (Å²) in [4.78, 5) is 8.66. The van der Waals surface area contributed by atoms with Crippen LogP contribution in [0.5, 0.6) is 0 Å². The third-order valence-electron chi connectivity index (χ3n) is 2.97. The predicted molar refractivity (Wildman–Crippen MR) is 80.0 cm³/mol. The van der Waals surface area contributed by atoms with Gasteiger partial charge in [0.2, 0.25) is 5.95 Å². The molecule has 0 fully saturated rings. The van der Waals surface area contributed by atoms with Crippen LogP contribution in [0.15, 0.2) is 30.5 Å². The topological polar surface area (TPSA) is 49.8 Å². The molecule has 0 atom stereocenters. The van der Waals surface area contributed by atoms with E-state index < -0.39 is 0 Å². The summed E-state index contributed by atoms with van der Waals surface area (Å²) < 4.78 is 0. The van der Waals surface area contributed by atoms with Crippen LogP contribution in [-0.2, 0) is 0 Å². The van der Waals surface area contributed by atoms with Crippen molar-refractivity contribution in [2.45, 2.75) is 27.2 Å². The summed E-state index contributed by atoms with van der Waals surface area (Å²) in [6, 6.07) is 8.11. The summed E-state index contributed by atoms with van der Waals surface area (Å²) in [5, 5.41) is 6.48. The van der Waals surface area contributed by atoms with Crippen LogP contribution in [0.2, 0.25) is 0 Å². The molecule has 0 spiro atoms. The van der Waals surface area contributed by atoms with Crippen molar-refractivity contribution in [1.29, 1.82) is 0 Å². The molecule has 0 aliphatic carbocycles. The molecule has 0 bridgehead atoms. The summed E-state index contributed by atoms with van der Waals surface area (Å²) in [5.74, 6) is 1.47. The molecule has 100 valence electrons. The van der Waals surface area contributed by atoms with Crippen molar-refractivity contribution in [3.63, 3.8) is 0 Å². The highest BCUT2D eigenvalue weighted by Crippen LogP contribution is 2.17. The molecule has 0 radical (unpaired) electrons. The number of benzene rings is 1. The van der Waals surface area contributed by atoms with E-state index in [4.69, 9.17) is 0 Å². The van der Waals surface area contributed by atoms with Crippen molar-refractivity contribution < 1.29 is 0 Å². The van der Waals surface area contributed by atoms with Gasteiger partial charge in [-0.1, -0.05) is 13.0 Å². The molecular formula is C15H20N4. The summed E-state index contributed by atoms with van der Waals surface area (Å²) >= 11 is 0. The van der Waals surface area contributed by atoms with Gasteiger partial charge in [-0.2, -0.15) is 4.98 Å². The molecule has 2 rings (SSSR count). The van der Waals surface area contributed by atoms with Gasteiger partial charge >= 0.3 is 0 Å². The minimum Gasteiger partial charge on any atom is -0.370 e. The Balaban J connectivity index is 2.11. The molecular weight excluding hydrogens is 236 g/mol. The van der Waals surface area contributed by atoms with E-state index >= 15 is 0 Å². The Morgan fingerprint density at radius 3 is 2.68 bits per heavy atom. The number of hydrogen-bond donors (Lipinski definition) is 2. The normalized spacial score (nSPS) is 10.3. The molecule has 4 nitrogen and oxygen atoms in total. The first kappa shape index (κ1) is 13.3. The maximum Gasteiger partial charge on any atom is 0.229 e. The molecule has 0 aliphatic heterocycles. The standard InChI is InChI=1S/C15H20N4/c1-4-8-16-14-7-9-17-15(19-14)18-13-6-5-11(2)12(3)10-13/h5-7,9-10H,4,8H2,1-3H3,(H2,16,17,18,19). The maximum absolute atomic E-state index is 4.42. The van der Waals surface area contributed by atoms with E-state index in [1.165, 1.54) is 11.1 Å². The SMILES string of the molecule is CCCNc1ccnc(Nc2ccc(C)c(C)c2)n1. The number of nitrogens with one attached hydrogen (secondary N) is 2. The second-order valence-corrected chi connectivity index (χ2v) is 4.62. The van der Waals surface area contributed by atoms with Gasteiger partial charge in [-0.05, 0) is 49.6 Å². The number of rotatable bonds is 5. The van der Waals surface area contributed by atoms with Crippen LogP contribution < -0.4 is 10.6 Å². The molecule has 1 aromatic heterocycles. The fraction of sp³-hybridized carbons (Fsp3) is 0.333. The summed E-state index contributed by atoms with van der Waals surface area (Å²) in [6.45, 7) is 7.24. The lowest BCUT2D eigenvalue weighted by molar-refractivity contribution is 0.966. The van der Waals surface area contributed by atoms with Gasteiger partial charge in [0.25, 0.3) is 0 Å². The second kappa shape index (κ2) is 6.18. The van der Waals surface area contributed by atoms with Gasteiger partial charge in [0.05, 0.1) is 0 Å². The molecule has 2 aromatic rings. The van der Waals surface area contributed by atoms with Crippen molar-refractivity contribution in [2.24, 2.45) is 0 Å². The maximum atomic E-state index is 4.42. The van der Waals surface area contributed by atoms with Gasteiger partial charge in [-0.3, -0.25) is 0 Å². The first-order valence-electron chi connectivity index (χ1n) is 6.60. The van der Waals surface area contributed by atoms with Crippen molar-refractivity contribution in [3.05, 3.63) is 41.6 Å². The molecule has 4 heteroatoms. The number of nitrogens with zero attached hydrogens (tertiary/aromatic N) is 2. The van der Waals surface area contributed by atoms with Gasteiger partial charge < -0.3 is 10.6 Å². The zero-order valence-corrected chi connectivity index (χ0v) is 11.7. The van der Waals surface area contributed by atoms with E-state index in [0.717, 1.165) is 24.5 Å². The minimum absolute atomic E-state index is 0.615. The van der Waals surface area contributed by atoms with Crippen LogP contribution in [-0.4, -0.2) is 16.5 Å². The number of hydrogen-bond acceptors (Lipinski definition) is 4. The molecule has 1 heterocycles. The van der Waals surface area contributed by atoms with Crippen molar-refractivity contribution >= 4 is 17.5 Å². The lowest BCUT2D eigenvalue weighted by Crippen LogP contribution is -2.04. The molecule has 0 aliphatic rings. The van der Waals surface area contributed by atoms with Crippen LogP contribution in [0.1, 0.15) is 24.5 Å². The molecule has 2 N–H and O–H groups in total. The van der Waals surface area contributed by atoms with Gasteiger partial charge in [0, 0.05) is 18.4 Å². The Hall–Kier alpha value is -2.10. The highest BCUT2D eigenvalue weighted by molar-refractivity contribution is 5.56. The Morgan fingerprint density at radius 1 is 1.11 bits per heavy atom. The number of anilines is 3. The third-order valence-corrected chi connectivity index (χ3v) is 2.97. The van der Waals surface area contributed by atoms with E-state index in [1.807, 2.05) is 12.1 Å². The predicted octanol–water partition coefficient (Wildman–Crippen LogP) is 3.66. The largest absolute Gasteiger partial charge is 0.370 e. The molecule has 19 heavy (non-hydrogen) atoms. The highest BCUT2D eigenvalue weighted by atomic mass is 15.1. The summed E-state index contributed by atoms with van der Waals surface area (Å²) in [6.07, 6.45) is 2.83. The van der Waals surface area contributed by atoms with Crippen LogP contribution in [0, 0.1) is 13.8 Å². The lowest BCUT2D eigenvalue weighted by Gasteiger charge is -2.09. The molecule has 0 unspecified atom stereocenters. The Labute approximate surface area is 114 Å². The van der Waals surface area contributed by atoms with E-state index in [1.54, 1.807) is 6.20 Å². The highest BCUT2D eigenvalue weighted by Gasteiger charge is 2.01. The summed E-state index contributed by atoms with van der Waals surface area (Å²) in [7, 11) is 0. The number of aromatic nitrogens is 2. The second-order valence-electron chi connectivity index (χ2n) is 4.62. The van der Waals surface area contributed by atoms with Crippen LogP contribution >= 0.6 is 0 Å². The van der Waals surface area contributed by atoms with Gasteiger partial charge in [-0.15, -0.1) is 0 Å². The average molecular weight is 256 g/mol. The van der Waals surface area contributed by atoms with Gasteiger partial charge in [0.15, 0.2) is 0 Å². The first-order chi connectivity index (χ1) is 9.19. The molecule has 1 aromatic carbocycles. The van der Waals surface area contributed by atoms with Gasteiger partial charge in [-0.25, -0.2) is 4.98 Å². The van der Waals surface area contributed by atoms with Crippen LogP contribution in [0.4, 0.5) is 17.5 Å². The average Bonchev–Trinajstić information content (AvgIpc) is 2.41. The number of aryl methyl sites for hydroxylation is 2. The molecule has 0 saturated carbocycles. The monoisotopic (exact) mass is 256 g/mol. The fourth-order valence-corrected chi connectivity index (χ4v) is 1.72. The van der Waals surface area contributed by atoms with Gasteiger partial charge in [0.1, 0.15) is 5.82 Å². The Morgan fingerprint density at radius 2 is 1.95 bits per heavy atom. The van der Waals surface area contributed by atoms with Crippen molar-refractivity contribution in [1.82, 2.24) is 9.97 Å². The van der Waals surface area contributed by atoms with E-state index in [2.05, 4.69) is 53.5 Å². The molecule has 0 amide bonds. The fourth-order valence-electron chi connectivity index (χ4n) is 1.72. The zero-order chi connectivity index (χ0) is 13.7. The quantitative estimate of drug-likeness (QED) is 0.857. The molecule has 0 saturated heterocycles. The van der Waals surface area contributed by atoms with E-state index in [0.29, 0.717) is 5.95 Å². The van der Waals surface area contributed by atoms with Crippen molar-refractivity contribution in [3.8, 4) is 0 Å². The third kappa shape index (κ3) is 3.68. The minimum atomic E-state index is 0.615. The summed E-state index contributed by atoms with van der Waals surface area (Å²) in [5.41, 5.74) is 3.55. The van der Waals surface area contributed by atoms with E-state index in [-0.39, 0.29) is 0 Å². The Kier molecular flexibility index (Phi) is 4.34. The smallest absolute Gasteiger partial charge is 0.229 e. The first-order valence-corrected chi connectivity index (χ1v) is 6.60. The van der Waals surface area contributed by atoms with Crippen molar-refractivity contribution in [2.75, 3.05) is 17.2 Å². The van der Waals surface area contributed by atoms with Crippen LogP contribution in [0.3, 0.4) is 0 Å². The lowest BCUT2D eigenvalue weighted by atomic mass is 10.1. The van der Waals surface area contributed by atoms with Crippen LogP contribution in [0.25, 0.3) is 0 Å². The Bertz CT molecular complexity index is 552. The zero-order valence-electron chi connectivity index (χ0n) is 11.7.